The van der Waals surface area contributed by atoms with E-state index in [-0.39, 0.29) is 24.2 Å². The number of hydrogen-bond donors (Lipinski definition) is 1. The van der Waals surface area contributed by atoms with Gasteiger partial charge in [-0.2, -0.15) is 0 Å². The van der Waals surface area contributed by atoms with Crippen LogP contribution in [0, 0.1) is 0 Å². The molecule has 7 nitrogen and oxygen atoms in total. The molecule has 0 saturated carbocycles. The summed E-state index contributed by atoms with van der Waals surface area (Å²) in [6, 6.07) is 0. The highest BCUT2D eigenvalue weighted by Gasteiger charge is 2.34. The lowest BCUT2D eigenvalue weighted by Gasteiger charge is -2.28. The van der Waals surface area contributed by atoms with Gasteiger partial charge in [0.1, 0.15) is 17.6 Å². The Morgan fingerprint density at radius 3 is 2.62 bits per heavy atom. The normalized spacial score (nSPS) is 11.6. The molecule has 2 amide bonds. The molecule has 0 spiro atoms. The van der Waals surface area contributed by atoms with Crippen LogP contribution in [-0.2, 0) is 19.1 Å². The molecule has 0 radical (unpaired) electrons. The Balaban J connectivity index is 3.12. The van der Waals surface area contributed by atoms with E-state index in [9.17, 15) is 14.4 Å². The summed E-state index contributed by atoms with van der Waals surface area (Å²) < 4.78 is 4.87. The van der Waals surface area contributed by atoms with Crippen LogP contribution in [-0.4, -0.2) is 47.3 Å². The van der Waals surface area contributed by atoms with Crippen LogP contribution in [0.4, 0.5) is 5.82 Å². The van der Waals surface area contributed by atoms with Crippen LogP contribution in [0.3, 0.4) is 0 Å². The zero-order chi connectivity index (χ0) is 15.8. The van der Waals surface area contributed by atoms with Gasteiger partial charge < -0.3 is 10.1 Å². The quantitative estimate of drug-likeness (QED) is 0.448. The van der Waals surface area contributed by atoms with Gasteiger partial charge in [0.05, 0.1) is 12.1 Å². The van der Waals surface area contributed by atoms with Crippen molar-refractivity contribution in [3.05, 3.63) is 10.9 Å². The number of halogens is 2. The molecule has 0 bridgehead atoms. The van der Waals surface area contributed by atoms with E-state index < -0.39 is 23.9 Å². The van der Waals surface area contributed by atoms with Crippen molar-refractivity contribution < 1.29 is 19.1 Å². The van der Waals surface area contributed by atoms with Crippen LogP contribution < -0.4 is 10.2 Å². The Morgan fingerprint density at radius 1 is 1.43 bits per heavy atom. The average molecular weight is 354 g/mol. The Hall–Kier alpha value is -1.38. The monoisotopic (exact) mass is 353 g/mol. The zero-order valence-corrected chi connectivity index (χ0v) is 13.4. The number of carbonyl (C=O) groups is 3. The number of alkyl halides is 2. The lowest BCUT2D eigenvalue weighted by atomic mass is 10.3. The fourth-order valence-electron chi connectivity index (χ4n) is 1.43. The van der Waals surface area contributed by atoms with Gasteiger partial charge in [0.15, 0.2) is 0 Å². The number of amides is 2. The van der Waals surface area contributed by atoms with Gasteiger partial charge in [-0.05, 0) is 6.92 Å². The van der Waals surface area contributed by atoms with Gasteiger partial charge in [-0.15, -0.1) is 34.5 Å². The third-order valence-electron chi connectivity index (χ3n) is 2.24. The van der Waals surface area contributed by atoms with Crippen LogP contribution in [0.5, 0.6) is 0 Å². The fraction of sp³-hybridized carbons (Fsp3) is 0.455. The molecule has 0 aromatic carbocycles. The molecule has 1 heterocycles. The molecule has 1 rings (SSSR count). The SMILES string of the molecule is CCOC(=O)C(NC(=O)CCl)N(C(=O)CCl)c1cscn1. The molecule has 1 aromatic heterocycles. The molecule has 10 heteroatoms. The van der Waals surface area contributed by atoms with E-state index in [4.69, 9.17) is 27.9 Å². The van der Waals surface area contributed by atoms with Gasteiger partial charge >= 0.3 is 5.97 Å². The number of ether oxygens (including phenoxy) is 1. The largest absolute Gasteiger partial charge is 0.463 e. The molecule has 0 aliphatic heterocycles. The van der Waals surface area contributed by atoms with E-state index in [1.54, 1.807) is 12.3 Å². The summed E-state index contributed by atoms with van der Waals surface area (Å²) in [6.07, 6.45) is -1.37. The molecule has 0 fully saturated rings. The zero-order valence-electron chi connectivity index (χ0n) is 11.0. The van der Waals surface area contributed by atoms with Gasteiger partial charge in [-0.1, -0.05) is 0 Å². The van der Waals surface area contributed by atoms with Crippen LogP contribution in [0.15, 0.2) is 10.9 Å². The Labute approximate surface area is 135 Å². The van der Waals surface area contributed by atoms with Crippen molar-refractivity contribution in [2.75, 3.05) is 23.3 Å². The van der Waals surface area contributed by atoms with Gasteiger partial charge in [-0.25, -0.2) is 9.78 Å². The second kappa shape index (κ2) is 8.81. The van der Waals surface area contributed by atoms with Crippen molar-refractivity contribution in [3.8, 4) is 0 Å². The highest BCUT2D eigenvalue weighted by molar-refractivity contribution is 7.07. The minimum absolute atomic E-state index is 0.0893. The van der Waals surface area contributed by atoms with E-state index in [2.05, 4.69) is 10.3 Å². The number of rotatable bonds is 7. The average Bonchev–Trinajstić information content (AvgIpc) is 3.00. The lowest BCUT2D eigenvalue weighted by molar-refractivity contribution is -0.148. The van der Waals surface area contributed by atoms with E-state index in [1.165, 1.54) is 16.8 Å². The van der Waals surface area contributed by atoms with E-state index in [0.717, 1.165) is 4.90 Å². The Kier molecular flexibility index (Phi) is 7.41. The molecule has 1 atom stereocenters. The molecule has 0 aliphatic carbocycles. The molecule has 1 unspecified atom stereocenters. The first-order valence-corrected chi connectivity index (χ1v) is 7.84. The van der Waals surface area contributed by atoms with Gasteiger partial charge in [0, 0.05) is 5.38 Å². The fourth-order valence-corrected chi connectivity index (χ4v) is 2.17. The van der Waals surface area contributed by atoms with Crippen molar-refractivity contribution in [2.24, 2.45) is 0 Å². The van der Waals surface area contributed by atoms with E-state index in [0.29, 0.717) is 0 Å². The molecular formula is C11H13Cl2N3O4S. The Bertz CT molecular complexity index is 498. The number of nitrogens with zero attached hydrogens (tertiary/aromatic N) is 2. The summed E-state index contributed by atoms with van der Waals surface area (Å²) in [5.41, 5.74) is 1.48. The molecular weight excluding hydrogens is 341 g/mol. The number of hydrogen-bond acceptors (Lipinski definition) is 6. The van der Waals surface area contributed by atoms with Gasteiger partial charge in [0.2, 0.25) is 18.0 Å². The maximum atomic E-state index is 12.0. The predicted octanol–water partition coefficient (Wildman–Crippen LogP) is 0.959. The number of carbonyl (C=O) groups excluding carboxylic acids is 3. The number of anilines is 1. The third-order valence-corrected chi connectivity index (χ3v) is 3.28. The number of esters is 1. The summed E-state index contributed by atoms with van der Waals surface area (Å²) in [5.74, 6) is -2.59. The van der Waals surface area contributed by atoms with Crippen LogP contribution in [0.1, 0.15) is 6.92 Å². The van der Waals surface area contributed by atoms with Crippen molar-refractivity contribution >= 4 is 58.1 Å². The molecule has 0 saturated heterocycles. The first kappa shape index (κ1) is 17.7. The highest BCUT2D eigenvalue weighted by Crippen LogP contribution is 2.17. The maximum Gasteiger partial charge on any atom is 0.350 e. The second-order valence-electron chi connectivity index (χ2n) is 3.60. The molecule has 0 aliphatic rings. The molecule has 116 valence electrons. The second-order valence-corrected chi connectivity index (χ2v) is 4.85. The third kappa shape index (κ3) is 4.83. The summed E-state index contributed by atoms with van der Waals surface area (Å²) in [6.45, 7) is 1.70. The summed E-state index contributed by atoms with van der Waals surface area (Å²) in [4.78, 5) is 40.4. The van der Waals surface area contributed by atoms with Crippen LogP contribution >= 0.6 is 34.5 Å². The first-order chi connectivity index (χ1) is 10.0. The topological polar surface area (TPSA) is 88.6 Å². The molecule has 1 N–H and O–H groups in total. The van der Waals surface area contributed by atoms with Crippen LogP contribution in [0.2, 0.25) is 0 Å². The van der Waals surface area contributed by atoms with Crippen molar-refractivity contribution in [3.63, 3.8) is 0 Å². The van der Waals surface area contributed by atoms with Gasteiger partial charge in [-0.3, -0.25) is 14.5 Å². The smallest absolute Gasteiger partial charge is 0.350 e. The van der Waals surface area contributed by atoms with Crippen LogP contribution in [0.25, 0.3) is 0 Å². The first-order valence-electron chi connectivity index (χ1n) is 5.83. The summed E-state index contributed by atoms with van der Waals surface area (Å²) in [7, 11) is 0. The van der Waals surface area contributed by atoms with E-state index in [1.807, 2.05) is 0 Å². The Morgan fingerprint density at radius 2 is 2.14 bits per heavy atom. The minimum atomic E-state index is -1.37. The van der Waals surface area contributed by atoms with E-state index >= 15 is 0 Å². The summed E-state index contributed by atoms with van der Waals surface area (Å²) in [5, 5.41) is 3.87. The number of aromatic nitrogens is 1. The summed E-state index contributed by atoms with van der Waals surface area (Å²) >= 11 is 12.2. The highest BCUT2D eigenvalue weighted by atomic mass is 35.5. The minimum Gasteiger partial charge on any atom is -0.463 e. The van der Waals surface area contributed by atoms with Crippen molar-refractivity contribution in [1.29, 1.82) is 0 Å². The lowest BCUT2D eigenvalue weighted by Crippen LogP contribution is -2.57. The standard InChI is InChI=1S/C11H13Cl2N3O4S/c1-2-20-11(19)10(15-8(17)3-12)16(9(18)4-13)7-5-21-6-14-7/h5-6,10H,2-4H2,1H3,(H,15,17). The van der Waals surface area contributed by atoms with Crippen molar-refractivity contribution in [1.82, 2.24) is 10.3 Å². The maximum absolute atomic E-state index is 12.0. The molecule has 1 aromatic rings. The van der Waals surface area contributed by atoms with Gasteiger partial charge in [0.25, 0.3) is 0 Å². The molecule has 21 heavy (non-hydrogen) atoms. The predicted molar refractivity (Wildman–Crippen MR) is 79.6 cm³/mol. The number of nitrogens with one attached hydrogen (secondary N) is 1. The number of thiazole rings is 1. The van der Waals surface area contributed by atoms with Crippen molar-refractivity contribution in [2.45, 2.75) is 13.1 Å².